The van der Waals surface area contributed by atoms with E-state index >= 15 is 0 Å². The predicted octanol–water partition coefficient (Wildman–Crippen LogP) is 3.90. The van der Waals surface area contributed by atoms with E-state index in [1.807, 2.05) is 60.8 Å². The summed E-state index contributed by atoms with van der Waals surface area (Å²) in [5, 5.41) is 14.5. The third-order valence-electron chi connectivity index (χ3n) is 9.37. The Kier molecular flexibility index (Phi) is 12.3. The summed E-state index contributed by atoms with van der Waals surface area (Å²) >= 11 is 0. The minimum Gasteiger partial charge on any atom is -0.493 e. The molecule has 12 nitrogen and oxygen atoms in total. The molecule has 2 N–H and O–H groups in total. The molecule has 1 saturated heterocycles. The van der Waals surface area contributed by atoms with Crippen molar-refractivity contribution in [2.45, 2.75) is 57.7 Å². The Balaban J connectivity index is 1.22. The van der Waals surface area contributed by atoms with E-state index in [9.17, 15) is 14.4 Å². The molecule has 3 amide bonds. The number of fused-ring (bicyclic) bond motifs is 3. The van der Waals surface area contributed by atoms with Gasteiger partial charge in [-0.3, -0.25) is 24.0 Å². The van der Waals surface area contributed by atoms with Gasteiger partial charge in [0.2, 0.25) is 5.91 Å². The summed E-state index contributed by atoms with van der Waals surface area (Å²) in [5.41, 5.74) is 3.70. The number of piperidine rings is 1. The lowest BCUT2D eigenvalue weighted by Crippen LogP contribution is -2.50. The van der Waals surface area contributed by atoms with Crippen LogP contribution in [0.4, 0.5) is 0 Å². The number of nitrogens with zero attached hydrogens (tertiary/aromatic N) is 5. The van der Waals surface area contributed by atoms with Crippen LogP contribution in [-0.4, -0.2) is 95.0 Å². The number of para-hydroxylation sites is 1. The van der Waals surface area contributed by atoms with Gasteiger partial charge in [0, 0.05) is 63.7 Å². The molecule has 2 bridgehead atoms. The number of methoxy groups -OCH3 is 1. The standard InChI is InChI=1S/C39H47N7O5/c1-50-35-13-8-12-33-36(35)51-25-9-22-46-28-32(42-43-46)18-23-45(39(49)31-16-14-30(15-17-31)27-44-20-6-3-7-21-44)24-19-40-38(48)34(41-37(33)47)26-29-10-4-2-5-11-29/h2,4-5,8,10-17,28,34H,3,6-7,9,18-27H2,1H3,(H,40,48)(H,41,47)/t34-/m0/s1. The summed E-state index contributed by atoms with van der Waals surface area (Å²) in [6.45, 7) is 4.80. The first-order valence-corrected chi connectivity index (χ1v) is 17.9. The second-order valence-corrected chi connectivity index (χ2v) is 13.1. The first-order valence-electron chi connectivity index (χ1n) is 17.9. The zero-order valence-corrected chi connectivity index (χ0v) is 29.3. The molecule has 4 aromatic rings. The van der Waals surface area contributed by atoms with Crippen LogP contribution in [0, 0.1) is 0 Å². The Morgan fingerprint density at radius 3 is 2.47 bits per heavy atom. The first kappa shape index (κ1) is 35.6. The highest BCUT2D eigenvalue weighted by Gasteiger charge is 2.26. The molecule has 0 spiro atoms. The second-order valence-electron chi connectivity index (χ2n) is 13.1. The van der Waals surface area contributed by atoms with Crippen molar-refractivity contribution in [1.82, 2.24) is 35.4 Å². The number of aryl methyl sites for hydroxylation is 1. The molecular formula is C39H47N7O5. The zero-order chi connectivity index (χ0) is 35.4. The third-order valence-corrected chi connectivity index (χ3v) is 9.37. The minimum atomic E-state index is -0.883. The molecular weight excluding hydrogens is 646 g/mol. The minimum absolute atomic E-state index is 0.121. The molecule has 0 unspecified atom stereocenters. The average Bonchev–Trinajstić information content (AvgIpc) is 3.62. The summed E-state index contributed by atoms with van der Waals surface area (Å²) in [5.74, 6) is -0.208. The van der Waals surface area contributed by atoms with Crippen LogP contribution in [0.25, 0.3) is 0 Å². The van der Waals surface area contributed by atoms with Gasteiger partial charge in [0.15, 0.2) is 11.5 Å². The van der Waals surface area contributed by atoms with Crippen LogP contribution in [0.2, 0.25) is 0 Å². The Morgan fingerprint density at radius 2 is 1.69 bits per heavy atom. The first-order chi connectivity index (χ1) is 25.0. The number of hydrogen-bond donors (Lipinski definition) is 2. The lowest BCUT2D eigenvalue weighted by atomic mass is 10.0. The van der Waals surface area contributed by atoms with E-state index in [1.54, 1.807) is 27.8 Å². The van der Waals surface area contributed by atoms with Crippen molar-refractivity contribution in [3.63, 3.8) is 0 Å². The van der Waals surface area contributed by atoms with Crippen LogP contribution in [0.1, 0.15) is 63.2 Å². The van der Waals surface area contributed by atoms with Gasteiger partial charge in [-0.2, -0.15) is 0 Å². The number of amides is 3. The normalized spacial score (nSPS) is 18.2. The predicted molar refractivity (Wildman–Crippen MR) is 193 cm³/mol. The molecule has 12 heteroatoms. The summed E-state index contributed by atoms with van der Waals surface area (Å²) in [7, 11) is 1.52. The van der Waals surface area contributed by atoms with Crippen molar-refractivity contribution in [3.05, 3.63) is 107 Å². The Morgan fingerprint density at radius 1 is 0.882 bits per heavy atom. The quantitative estimate of drug-likeness (QED) is 0.311. The molecule has 3 aromatic carbocycles. The van der Waals surface area contributed by atoms with Crippen LogP contribution in [0.3, 0.4) is 0 Å². The molecule has 0 aliphatic carbocycles. The summed E-state index contributed by atoms with van der Waals surface area (Å²) in [6.07, 6.45) is 7.00. The van der Waals surface area contributed by atoms with E-state index in [-0.39, 0.29) is 36.9 Å². The molecule has 1 fully saturated rings. The number of carbonyl (C=O) groups excluding carboxylic acids is 3. The highest BCUT2D eigenvalue weighted by atomic mass is 16.5. The van der Waals surface area contributed by atoms with Gasteiger partial charge in [0.05, 0.1) is 25.0 Å². The number of aromatic nitrogens is 3. The molecule has 268 valence electrons. The van der Waals surface area contributed by atoms with E-state index in [0.29, 0.717) is 49.6 Å². The second kappa shape index (κ2) is 17.6. The van der Waals surface area contributed by atoms with Crippen molar-refractivity contribution >= 4 is 17.7 Å². The van der Waals surface area contributed by atoms with E-state index in [0.717, 1.165) is 30.9 Å². The lowest BCUT2D eigenvalue weighted by molar-refractivity contribution is -0.123. The van der Waals surface area contributed by atoms with Crippen molar-refractivity contribution in [2.75, 3.05) is 46.4 Å². The maximum atomic E-state index is 13.9. The zero-order valence-electron chi connectivity index (χ0n) is 29.3. The Bertz CT molecular complexity index is 1760. The Hall–Kier alpha value is -5.23. The third kappa shape index (κ3) is 9.72. The van der Waals surface area contributed by atoms with Gasteiger partial charge in [-0.05, 0) is 61.3 Å². The highest BCUT2D eigenvalue weighted by Crippen LogP contribution is 2.31. The van der Waals surface area contributed by atoms with Crippen LogP contribution < -0.4 is 20.1 Å². The maximum absolute atomic E-state index is 13.9. The Labute approximate surface area is 299 Å². The fraction of sp³-hybridized carbons (Fsp3) is 0.410. The number of likely N-dealkylation sites (tertiary alicyclic amines) is 1. The number of nitrogens with one attached hydrogen (secondary N) is 2. The molecule has 51 heavy (non-hydrogen) atoms. The summed E-state index contributed by atoms with van der Waals surface area (Å²) < 4.78 is 13.4. The van der Waals surface area contributed by atoms with Gasteiger partial charge in [-0.25, -0.2) is 0 Å². The van der Waals surface area contributed by atoms with Gasteiger partial charge >= 0.3 is 0 Å². The summed E-state index contributed by atoms with van der Waals surface area (Å²) in [6, 6.07) is 21.6. The van der Waals surface area contributed by atoms with Crippen LogP contribution >= 0.6 is 0 Å². The van der Waals surface area contributed by atoms with Gasteiger partial charge in [-0.1, -0.05) is 60.2 Å². The van der Waals surface area contributed by atoms with E-state index < -0.39 is 11.9 Å². The van der Waals surface area contributed by atoms with Crippen LogP contribution in [-0.2, 0) is 30.7 Å². The van der Waals surface area contributed by atoms with Gasteiger partial charge in [-0.15, -0.1) is 5.10 Å². The van der Waals surface area contributed by atoms with Crippen molar-refractivity contribution < 1.29 is 23.9 Å². The topological polar surface area (TPSA) is 131 Å². The number of hydrogen-bond acceptors (Lipinski definition) is 8. The largest absolute Gasteiger partial charge is 0.493 e. The highest BCUT2D eigenvalue weighted by molar-refractivity contribution is 6.00. The number of ether oxygens (including phenoxy) is 2. The molecule has 0 radical (unpaired) electrons. The van der Waals surface area contributed by atoms with Gasteiger partial charge in [0.25, 0.3) is 11.8 Å². The van der Waals surface area contributed by atoms with E-state index in [4.69, 9.17) is 9.47 Å². The van der Waals surface area contributed by atoms with Crippen molar-refractivity contribution in [3.8, 4) is 11.5 Å². The summed E-state index contributed by atoms with van der Waals surface area (Å²) in [4.78, 5) is 45.6. The van der Waals surface area contributed by atoms with Gasteiger partial charge in [0.1, 0.15) is 6.04 Å². The maximum Gasteiger partial charge on any atom is 0.255 e. The number of benzene rings is 3. The molecule has 2 aliphatic heterocycles. The molecule has 6 rings (SSSR count). The van der Waals surface area contributed by atoms with E-state index in [2.05, 4.69) is 25.8 Å². The van der Waals surface area contributed by atoms with Crippen molar-refractivity contribution in [1.29, 1.82) is 0 Å². The molecule has 2 aliphatic rings. The smallest absolute Gasteiger partial charge is 0.255 e. The van der Waals surface area contributed by atoms with Crippen LogP contribution in [0.5, 0.6) is 11.5 Å². The fourth-order valence-corrected chi connectivity index (χ4v) is 6.58. The van der Waals surface area contributed by atoms with E-state index in [1.165, 1.54) is 31.9 Å². The monoisotopic (exact) mass is 693 g/mol. The van der Waals surface area contributed by atoms with Gasteiger partial charge < -0.3 is 25.0 Å². The number of carbonyl (C=O) groups is 3. The number of rotatable bonds is 6. The lowest BCUT2D eigenvalue weighted by Gasteiger charge is -2.26. The molecule has 0 saturated carbocycles. The molecule has 1 aromatic heterocycles. The fourth-order valence-electron chi connectivity index (χ4n) is 6.58. The van der Waals surface area contributed by atoms with Crippen molar-refractivity contribution in [2.24, 2.45) is 0 Å². The molecule has 3 heterocycles. The van der Waals surface area contributed by atoms with Crippen LogP contribution in [0.15, 0.2) is 79.0 Å². The SMILES string of the molecule is COc1cccc2c1OCCCn1cc(nn1)CCN(C(=O)c1ccc(CN3CCCCC3)cc1)CCNC(=O)[C@H](Cc1ccccc1)NC2=O. The molecule has 1 atom stereocenters. The average molecular weight is 694 g/mol.